The minimum absolute atomic E-state index is 0.0593. The molecule has 1 aromatic heterocycles. The summed E-state index contributed by atoms with van der Waals surface area (Å²) in [7, 11) is 0. The molecule has 0 N–H and O–H groups in total. The maximum atomic E-state index is 12.9. The van der Waals surface area contributed by atoms with Crippen molar-refractivity contribution in [3.05, 3.63) is 65.7 Å². The van der Waals surface area contributed by atoms with Gasteiger partial charge in [0.05, 0.1) is 13.0 Å². The van der Waals surface area contributed by atoms with Gasteiger partial charge in [-0.1, -0.05) is 12.1 Å². The molecule has 0 atom stereocenters. The third kappa shape index (κ3) is 3.95. The standard InChI is InChI=1S/C18H18FN3O2/c19-16-3-1-15(2-4-16)12-21-9-10-22(13-18(21)24)17(23)11-14-5-7-20-8-6-14/h1-8H,9-13H2. The normalized spacial score (nSPS) is 14.8. The Morgan fingerprint density at radius 2 is 1.75 bits per heavy atom. The molecule has 124 valence electrons. The molecule has 0 unspecified atom stereocenters. The highest BCUT2D eigenvalue weighted by molar-refractivity contribution is 5.87. The Kier molecular flexibility index (Phi) is 4.84. The van der Waals surface area contributed by atoms with Gasteiger partial charge in [0.15, 0.2) is 0 Å². The first-order chi connectivity index (χ1) is 11.6. The number of rotatable bonds is 4. The number of piperazine rings is 1. The van der Waals surface area contributed by atoms with Crippen molar-refractivity contribution in [2.45, 2.75) is 13.0 Å². The fraction of sp³-hybridized carbons (Fsp3) is 0.278. The quantitative estimate of drug-likeness (QED) is 0.858. The van der Waals surface area contributed by atoms with Gasteiger partial charge < -0.3 is 9.80 Å². The third-order valence-electron chi connectivity index (χ3n) is 4.06. The Morgan fingerprint density at radius 1 is 1.04 bits per heavy atom. The van der Waals surface area contributed by atoms with E-state index < -0.39 is 0 Å². The van der Waals surface area contributed by atoms with Crippen molar-refractivity contribution in [3.8, 4) is 0 Å². The van der Waals surface area contributed by atoms with Gasteiger partial charge in [0.25, 0.3) is 0 Å². The van der Waals surface area contributed by atoms with E-state index in [0.717, 1.165) is 11.1 Å². The summed E-state index contributed by atoms with van der Waals surface area (Å²) in [6.45, 7) is 1.52. The van der Waals surface area contributed by atoms with Crippen LogP contribution in [-0.4, -0.2) is 46.2 Å². The molecule has 1 fully saturated rings. The monoisotopic (exact) mass is 327 g/mol. The lowest BCUT2D eigenvalue weighted by Crippen LogP contribution is -2.52. The second-order valence-electron chi connectivity index (χ2n) is 5.79. The van der Waals surface area contributed by atoms with Gasteiger partial charge in [-0.2, -0.15) is 0 Å². The molecule has 1 aromatic carbocycles. The van der Waals surface area contributed by atoms with Gasteiger partial charge >= 0.3 is 0 Å². The molecular weight excluding hydrogens is 309 g/mol. The predicted molar refractivity (Wildman–Crippen MR) is 86.3 cm³/mol. The third-order valence-corrected chi connectivity index (χ3v) is 4.06. The van der Waals surface area contributed by atoms with Gasteiger partial charge in [0, 0.05) is 32.0 Å². The summed E-state index contributed by atoms with van der Waals surface area (Å²) in [5, 5.41) is 0. The molecule has 0 radical (unpaired) electrons. The fourth-order valence-electron chi connectivity index (χ4n) is 2.69. The molecule has 6 heteroatoms. The Hall–Kier alpha value is -2.76. The number of pyridine rings is 1. The van der Waals surface area contributed by atoms with Gasteiger partial charge in [-0.05, 0) is 35.4 Å². The summed E-state index contributed by atoms with van der Waals surface area (Å²) in [4.78, 5) is 31.8. The lowest BCUT2D eigenvalue weighted by atomic mass is 10.1. The number of hydrogen-bond acceptors (Lipinski definition) is 3. The van der Waals surface area contributed by atoms with Crippen molar-refractivity contribution in [1.82, 2.24) is 14.8 Å². The van der Waals surface area contributed by atoms with Crippen molar-refractivity contribution >= 4 is 11.8 Å². The Balaban J connectivity index is 1.55. The molecule has 1 aliphatic rings. The molecule has 2 amide bonds. The molecule has 1 saturated heterocycles. The molecular formula is C18H18FN3O2. The van der Waals surface area contributed by atoms with E-state index in [1.807, 2.05) is 0 Å². The van der Waals surface area contributed by atoms with E-state index in [1.54, 1.807) is 46.5 Å². The minimum atomic E-state index is -0.295. The smallest absolute Gasteiger partial charge is 0.242 e. The first-order valence-electron chi connectivity index (χ1n) is 7.81. The molecule has 0 aliphatic carbocycles. The number of halogens is 1. The van der Waals surface area contributed by atoms with Crippen molar-refractivity contribution in [2.24, 2.45) is 0 Å². The van der Waals surface area contributed by atoms with Crippen LogP contribution in [0.4, 0.5) is 4.39 Å². The summed E-state index contributed by atoms with van der Waals surface area (Å²) < 4.78 is 12.9. The second-order valence-corrected chi connectivity index (χ2v) is 5.79. The first-order valence-corrected chi connectivity index (χ1v) is 7.81. The SMILES string of the molecule is O=C(Cc1ccncc1)N1CCN(Cc2ccc(F)cc2)C(=O)C1. The molecule has 0 spiro atoms. The summed E-state index contributed by atoms with van der Waals surface area (Å²) in [6.07, 6.45) is 3.57. The molecule has 0 saturated carbocycles. The van der Waals surface area contributed by atoms with Crippen LogP contribution in [0.1, 0.15) is 11.1 Å². The predicted octanol–water partition coefficient (Wildman–Crippen LogP) is 1.63. The second kappa shape index (κ2) is 7.21. The van der Waals surface area contributed by atoms with E-state index in [2.05, 4.69) is 4.98 Å². The Labute approximate surface area is 139 Å². The average molecular weight is 327 g/mol. The largest absolute Gasteiger partial charge is 0.335 e. The number of benzene rings is 1. The lowest BCUT2D eigenvalue weighted by molar-refractivity contribution is -0.145. The van der Waals surface area contributed by atoms with Crippen LogP contribution in [0, 0.1) is 5.82 Å². The summed E-state index contributed by atoms with van der Waals surface area (Å²) >= 11 is 0. The van der Waals surface area contributed by atoms with Crippen molar-refractivity contribution in [1.29, 1.82) is 0 Å². The van der Waals surface area contributed by atoms with E-state index in [-0.39, 0.29) is 30.6 Å². The fourth-order valence-corrected chi connectivity index (χ4v) is 2.69. The average Bonchev–Trinajstić information content (AvgIpc) is 2.59. The van der Waals surface area contributed by atoms with Gasteiger partial charge in [-0.15, -0.1) is 0 Å². The van der Waals surface area contributed by atoms with Crippen molar-refractivity contribution < 1.29 is 14.0 Å². The van der Waals surface area contributed by atoms with E-state index in [9.17, 15) is 14.0 Å². The zero-order chi connectivity index (χ0) is 16.9. The number of hydrogen-bond donors (Lipinski definition) is 0. The lowest BCUT2D eigenvalue weighted by Gasteiger charge is -2.34. The van der Waals surface area contributed by atoms with Crippen LogP contribution in [0.25, 0.3) is 0 Å². The van der Waals surface area contributed by atoms with Crippen LogP contribution in [-0.2, 0) is 22.6 Å². The van der Waals surface area contributed by atoms with Crippen LogP contribution in [0.2, 0.25) is 0 Å². The number of amides is 2. The van der Waals surface area contributed by atoms with Gasteiger partial charge in [0.1, 0.15) is 5.82 Å². The van der Waals surface area contributed by atoms with E-state index in [4.69, 9.17) is 0 Å². The highest BCUT2D eigenvalue weighted by atomic mass is 19.1. The topological polar surface area (TPSA) is 53.5 Å². The minimum Gasteiger partial charge on any atom is -0.335 e. The maximum Gasteiger partial charge on any atom is 0.242 e. The van der Waals surface area contributed by atoms with Gasteiger partial charge in [-0.3, -0.25) is 14.6 Å². The zero-order valence-electron chi connectivity index (χ0n) is 13.2. The number of aromatic nitrogens is 1. The molecule has 2 heterocycles. The van der Waals surface area contributed by atoms with Crippen LogP contribution < -0.4 is 0 Å². The van der Waals surface area contributed by atoms with Crippen molar-refractivity contribution in [2.75, 3.05) is 19.6 Å². The maximum absolute atomic E-state index is 12.9. The molecule has 0 bridgehead atoms. The van der Waals surface area contributed by atoms with Gasteiger partial charge in [0.2, 0.25) is 11.8 Å². The van der Waals surface area contributed by atoms with Crippen molar-refractivity contribution in [3.63, 3.8) is 0 Å². The number of carbonyl (C=O) groups excluding carboxylic acids is 2. The number of carbonyl (C=O) groups is 2. The first kappa shape index (κ1) is 16.1. The van der Waals surface area contributed by atoms with E-state index in [1.165, 1.54) is 12.1 Å². The molecule has 5 nitrogen and oxygen atoms in total. The van der Waals surface area contributed by atoms with Crippen LogP contribution >= 0.6 is 0 Å². The summed E-state index contributed by atoms with van der Waals surface area (Å²) in [5.41, 5.74) is 1.76. The Bertz CT molecular complexity index is 719. The van der Waals surface area contributed by atoms with E-state index >= 15 is 0 Å². The molecule has 2 aromatic rings. The van der Waals surface area contributed by atoms with Crippen LogP contribution in [0.3, 0.4) is 0 Å². The molecule has 3 rings (SSSR count). The zero-order valence-corrected chi connectivity index (χ0v) is 13.2. The van der Waals surface area contributed by atoms with Gasteiger partial charge in [-0.25, -0.2) is 4.39 Å². The van der Waals surface area contributed by atoms with E-state index in [0.29, 0.717) is 19.6 Å². The molecule has 24 heavy (non-hydrogen) atoms. The highest BCUT2D eigenvalue weighted by Crippen LogP contribution is 2.12. The molecule has 1 aliphatic heterocycles. The Morgan fingerprint density at radius 3 is 2.42 bits per heavy atom. The van der Waals surface area contributed by atoms with Crippen LogP contribution in [0.5, 0.6) is 0 Å². The van der Waals surface area contributed by atoms with Crippen LogP contribution in [0.15, 0.2) is 48.8 Å². The highest BCUT2D eigenvalue weighted by Gasteiger charge is 2.26. The number of nitrogens with zero attached hydrogens (tertiary/aromatic N) is 3. The summed E-state index contributed by atoms with van der Waals surface area (Å²) in [6, 6.07) is 9.70. The summed E-state index contributed by atoms with van der Waals surface area (Å²) in [5.74, 6) is -0.443.